The third-order valence-corrected chi connectivity index (χ3v) is 4.57. The minimum atomic E-state index is 0.385. The van der Waals surface area contributed by atoms with Gasteiger partial charge in [-0.1, -0.05) is 54.1 Å². The highest BCUT2D eigenvalue weighted by Gasteiger charge is 2.19. The molecule has 1 aliphatic heterocycles. The van der Waals surface area contributed by atoms with Gasteiger partial charge < -0.3 is 10.3 Å². The van der Waals surface area contributed by atoms with Gasteiger partial charge in [0.15, 0.2) is 0 Å². The van der Waals surface area contributed by atoms with Gasteiger partial charge in [0.05, 0.1) is 17.9 Å². The van der Waals surface area contributed by atoms with Crippen molar-refractivity contribution in [3.8, 4) is 22.4 Å². The first kappa shape index (κ1) is 14.2. The maximum Gasteiger partial charge on any atom is 0.123 e. The minimum Gasteiger partial charge on any atom is -0.341 e. The fourth-order valence-corrected chi connectivity index (χ4v) is 3.17. The van der Waals surface area contributed by atoms with Crippen molar-refractivity contribution >= 4 is 0 Å². The minimum absolute atomic E-state index is 0.385. The van der Waals surface area contributed by atoms with Gasteiger partial charge in [0, 0.05) is 0 Å². The molecule has 1 saturated heterocycles. The summed E-state index contributed by atoms with van der Waals surface area (Å²) in [6.07, 6.45) is 4.33. The molecule has 4 rings (SSSR count). The molecular weight excluding hydrogens is 282 g/mol. The van der Waals surface area contributed by atoms with E-state index in [0.717, 1.165) is 18.1 Å². The van der Waals surface area contributed by atoms with Crippen LogP contribution in [-0.2, 0) is 0 Å². The van der Waals surface area contributed by atoms with Gasteiger partial charge in [0.1, 0.15) is 5.82 Å². The van der Waals surface area contributed by atoms with Crippen LogP contribution in [0.15, 0.2) is 54.7 Å². The zero-order valence-corrected chi connectivity index (χ0v) is 13.3. The summed E-state index contributed by atoms with van der Waals surface area (Å²) < 4.78 is 0. The van der Waals surface area contributed by atoms with Crippen molar-refractivity contribution in [1.29, 1.82) is 0 Å². The van der Waals surface area contributed by atoms with E-state index < -0.39 is 0 Å². The Bertz CT molecular complexity index is 779. The van der Waals surface area contributed by atoms with Crippen molar-refractivity contribution in [2.24, 2.45) is 0 Å². The van der Waals surface area contributed by atoms with E-state index in [1.807, 2.05) is 6.20 Å². The molecule has 3 nitrogen and oxygen atoms in total. The molecule has 2 aromatic carbocycles. The van der Waals surface area contributed by atoms with Crippen LogP contribution in [0.3, 0.4) is 0 Å². The smallest absolute Gasteiger partial charge is 0.123 e. The van der Waals surface area contributed by atoms with Crippen LogP contribution in [-0.4, -0.2) is 16.5 Å². The summed E-state index contributed by atoms with van der Waals surface area (Å²) in [6.45, 7) is 3.20. The predicted molar refractivity (Wildman–Crippen MR) is 94.2 cm³/mol. The molecule has 3 aromatic rings. The Labute approximate surface area is 136 Å². The molecule has 23 heavy (non-hydrogen) atoms. The van der Waals surface area contributed by atoms with Gasteiger partial charge in [0.25, 0.3) is 0 Å². The molecule has 0 amide bonds. The van der Waals surface area contributed by atoms with Crippen LogP contribution < -0.4 is 5.32 Å². The summed E-state index contributed by atoms with van der Waals surface area (Å²) in [7, 11) is 0. The van der Waals surface area contributed by atoms with Crippen molar-refractivity contribution < 1.29 is 0 Å². The lowest BCUT2D eigenvalue weighted by molar-refractivity contribution is 0.613. The monoisotopic (exact) mass is 303 g/mol. The second-order valence-electron chi connectivity index (χ2n) is 6.27. The van der Waals surface area contributed by atoms with Crippen molar-refractivity contribution in [2.75, 3.05) is 6.54 Å². The first-order valence-electron chi connectivity index (χ1n) is 8.25. The third-order valence-electron chi connectivity index (χ3n) is 4.57. The second-order valence-corrected chi connectivity index (χ2v) is 6.27. The van der Waals surface area contributed by atoms with Gasteiger partial charge in [-0.3, -0.25) is 0 Å². The lowest BCUT2D eigenvalue weighted by atomic mass is 10.0. The third kappa shape index (κ3) is 2.92. The number of nitrogens with zero attached hydrogens (tertiary/aromatic N) is 1. The molecule has 0 saturated carbocycles. The van der Waals surface area contributed by atoms with Gasteiger partial charge in [-0.25, -0.2) is 4.98 Å². The van der Waals surface area contributed by atoms with Crippen LogP contribution in [0.1, 0.15) is 30.3 Å². The Morgan fingerprint density at radius 1 is 0.913 bits per heavy atom. The molecule has 1 atom stereocenters. The molecule has 2 N–H and O–H groups in total. The van der Waals surface area contributed by atoms with Crippen LogP contribution in [0.5, 0.6) is 0 Å². The van der Waals surface area contributed by atoms with Crippen LogP contribution in [0.2, 0.25) is 0 Å². The van der Waals surface area contributed by atoms with Crippen molar-refractivity contribution in [3.63, 3.8) is 0 Å². The summed E-state index contributed by atoms with van der Waals surface area (Å²) in [4.78, 5) is 8.01. The first-order valence-corrected chi connectivity index (χ1v) is 8.25. The van der Waals surface area contributed by atoms with Gasteiger partial charge >= 0.3 is 0 Å². The fourth-order valence-electron chi connectivity index (χ4n) is 3.17. The molecule has 116 valence electrons. The van der Waals surface area contributed by atoms with E-state index in [2.05, 4.69) is 70.7 Å². The number of imidazole rings is 1. The molecule has 0 aliphatic carbocycles. The van der Waals surface area contributed by atoms with E-state index in [4.69, 9.17) is 0 Å². The number of hydrogen-bond acceptors (Lipinski definition) is 2. The van der Waals surface area contributed by atoms with Crippen LogP contribution >= 0.6 is 0 Å². The van der Waals surface area contributed by atoms with Crippen LogP contribution in [0, 0.1) is 6.92 Å². The number of H-pyrrole nitrogens is 1. The number of hydrogen-bond donors (Lipinski definition) is 2. The normalized spacial score (nSPS) is 17.5. The topological polar surface area (TPSA) is 40.7 Å². The molecule has 2 heterocycles. The Morgan fingerprint density at radius 3 is 2.22 bits per heavy atom. The van der Waals surface area contributed by atoms with Crippen LogP contribution in [0.4, 0.5) is 0 Å². The van der Waals surface area contributed by atoms with Gasteiger partial charge in [0.2, 0.25) is 0 Å². The molecule has 0 spiro atoms. The van der Waals surface area contributed by atoms with Gasteiger partial charge in [-0.05, 0) is 43.0 Å². The van der Waals surface area contributed by atoms with E-state index in [0.29, 0.717) is 6.04 Å². The van der Waals surface area contributed by atoms with E-state index in [1.54, 1.807) is 0 Å². The number of aromatic nitrogens is 2. The summed E-state index contributed by atoms with van der Waals surface area (Å²) in [5.41, 5.74) is 6.05. The molecule has 3 heteroatoms. The average molecular weight is 303 g/mol. The SMILES string of the molecule is Cc1ccc(-c2ccc(-c3cnc([C@@H]4CCCN4)[nH]3)cc2)cc1. The largest absolute Gasteiger partial charge is 0.341 e. The Balaban J connectivity index is 1.57. The molecular formula is C20H21N3. The standard InChI is InChI=1S/C20H21N3/c1-14-4-6-15(7-5-14)16-8-10-17(11-9-16)19-13-22-20(23-19)18-3-2-12-21-18/h4-11,13,18,21H,2-3,12H2,1H3,(H,22,23)/t18-/m0/s1. The zero-order chi connectivity index (χ0) is 15.6. The van der Waals surface area contributed by atoms with E-state index in [9.17, 15) is 0 Å². The Hall–Kier alpha value is -2.39. The second kappa shape index (κ2) is 6.01. The van der Waals surface area contributed by atoms with E-state index >= 15 is 0 Å². The molecule has 1 fully saturated rings. The Kier molecular flexibility index (Phi) is 3.72. The van der Waals surface area contributed by atoms with Gasteiger partial charge in [-0.2, -0.15) is 0 Å². The molecule has 0 bridgehead atoms. The summed E-state index contributed by atoms with van der Waals surface area (Å²) in [5, 5.41) is 3.48. The molecule has 1 aliphatic rings. The fraction of sp³-hybridized carbons (Fsp3) is 0.250. The quantitative estimate of drug-likeness (QED) is 0.749. The molecule has 0 radical (unpaired) electrons. The number of aromatic amines is 1. The Morgan fingerprint density at radius 2 is 1.57 bits per heavy atom. The predicted octanol–water partition coefficient (Wildman–Crippen LogP) is 4.48. The molecule has 0 unspecified atom stereocenters. The van der Waals surface area contributed by atoms with E-state index in [-0.39, 0.29) is 0 Å². The maximum atomic E-state index is 4.55. The number of aryl methyl sites for hydroxylation is 1. The molecule has 1 aromatic heterocycles. The highest BCUT2D eigenvalue weighted by molar-refractivity contribution is 5.68. The highest BCUT2D eigenvalue weighted by Crippen LogP contribution is 2.26. The number of nitrogens with one attached hydrogen (secondary N) is 2. The van der Waals surface area contributed by atoms with Gasteiger partial charge in [-0.15, -0.1) is 0 Å². The first-order chi connectivity index (χ1) is 11.3. The van der Waals surface area contributed by atoms with E-state index in [1.165, 1.54) is 35.1 Å². The van der Waals surface area contributed by atoms with Crippen molar-refractivity contribution in [2.45, 2.75) is 25.8 Å². The van der Waals surface area contributed by atoms with Crippen molar-refractivity contribution in [1.82, 2.24) is 15.3 Å². The summed E-state index contributed by atoms with van der Waals surface area (Å²) >= 11 is 0. The highest BCUT2D eigenvalue weighted by atomic mass is 15.0. The number of benzene rings is 2. The number of rotatable bonds is 3. The average Bonchev–Trinajstić information content (AvgIpc) is 3.27. The zero-order valence-electron chi connectivity index (χ0n) is 13.3. The summed E-state index contributed by atoms with van der Waals surface area (Å²) in [6, 6.07) is 17.7. The van der Waals surface area contributed by atoms with Crippen LogP contribution in [0.25, 0.3) is 22.4 Å². The lowest BCUT2D eigenvalue weighted by Gasteiger charge is -2.06. The summed E-state index contributed by atoms with van der Waals surface area (Å²) in [5.74, 6) is 1.06. The lowest BCUT2D eigenvalue weighted by Crippen LogP contribution is -2.14. The van der Waals surface area contributed by atoms with Crippen molar-refractivity contribution in [3.05, 3.63) is 66.1 Å². The maximum absolute atomic E-state index is 4.55.